The maximum atomic E-state index is 11.8. The first kappa shape index (κ1) is 22.8. The summed E-state index contributed by atoms with van der Waals surface area (Å²) in [5.41, 5.74) is -1.79. The van der Waals surface area contributed by atoms with Crippen molar-refractivity contribution in [3.05, 3.63) is 0 Å². The zero-order valence-electron chi connectivity index (χ0n) is 15.9. The molecule has 0 bridgehead atoms. The van der Waals surface area contributed by atoms with E-state index < -0.39 is 48.2 Å². The molecule has 11 heteroatoms. The number of carbonyl (C=O) groups excluding carboxylic acids is 4. The van der Waals surface area contributed by atoms with Crippen LogP contribution in [0.2, 0.25) is 0 Å². The largest absolute Gasteiger partial charge is 0.467 e. The van der Waals surface area contributed by atoms with Crippen molar-refractivity contribution in [2.45, 2.75) is 64.4 Å². The van der Waals surface area contributed by atoms with Crippen molar-refractivity contribution in [2.75, 3.05) is 13.7 Å². The Labute approximate surface area is 156 Å². The van der Waals surface area contributed by atoms with Gasteiger partial charge in [0.1, 0.15) is 6.10 Å². The van der Waals surface area contributed by atoms with Gasteiger partial charge in [-0.2, -0.15) is 0 Å². The van der Waals surface area contributed by atoms with Crippen molar-refractivity contribution in [1.29, 1.82) is 0 Å². The van der Waals surface area contributed by atoms with Crippen LogP contribution >= 0.6 is 0 Å². The first-order valence-corrected chi connectivity index (χ1v) is 8.30. The fraction of sp³-hybridized carbons (Fsp3) is 0.750. The van der Waals surface area contributed by atoms with E-state index in [1.807, 2.05) is 0 Å². The Morgan fingerprint density at radius 3 is 2.33 bits per heavy atom. The van der Waals surface area contributed by atoms with E-state index in [0.717, 1.165) is 14.0 Å². The maximum Gasteiger partial charge on any atom is 0.334 e. The zero-order chi connectivity index (χ0) is 20.8. The third kappa shape index (κ3) is 6.45. The van der Waals surface area contributed by atoms with Crippen molar-refractivity contribution < 1.29 is 43.2 Å². The average molecular weight is 390 g/mol. The Bertz CT molecular complexity index is 582. The van der Waals surface area contributed by atoms with Crippen LogP contribution in [0.5, 0.6) is 0 Å². The second-order valence-corrected chi connectivity index (χ2v) is 6.15. The first-order valence-electron chi connectivity index (χ1n) is 8.30. The summed E-state index contributed by atoms with van der Waals surface area (Å²) in [6, 6.07) is 0. The van der Waals surface area contributed by atoms with Gasteiger partial charge < -0.3 is 34.7 Å². The topological polar surface area (TPSA) is 149 Å². The molecule has 2 amide bonds. The van der Waals surface area contributed by atoms with Gasteiger partial charge in [0.15, 0.2) is 24.2 Å². The summed E-state index contributed by atoms with van der Waals surface area (Å²) < 4.78 is 21.0. The van der Waals surface area contributed by atoms with Gasteiger partial charge in [-0.3, -0.25) is 14.4 Å². The molecule has 0 aromatic rings. The number of nitrogens with one attached hydrogen (secondary N) is 2. The second kappa shape index (κ2) is 9.62. The minimum atomic E-state index is -1.79. The molecule has 0 aromatic carbocycles. The lowest BCUT2D eigenvalue weighted by Gasteiger charge is -2.48. The van der Waals surface area contributed by atoms with Gasteiger partial charge >= 0.3 is 11.9 Å². The molecule has 1 unspecified atom stereocenters. The van der Waals surface area contributed by atoms with Crippen LogP contribution in [0.15, 0.2) is 0 Å². The van der Waals surface area contributed by atoms with Gasteiger partial charge in [0.2, 0.25) is 11.8 Å². The lowest BCUT2D eigenvalue weighted by atomic mass is 9.92. The molecule has 0 spiro atoms. The van der Waals surface area contributed by atoms with Crippen molar-refractivity contribution in [3.8, 4) is 0 Å². The van der Waals surface area contributed by atoms with Crippen molar-refractivity contribution >= 4 is 23.8 Å². The molecule has 0 saturated carbocycles. The molecule has 1 fully saturated rings. The zero-order valence-corrected chi connectivity index (χ0v) is 15.9. The first-order chi connectivity index (χ1) is 12.5. The number of ether oxygens (including phenoxy) is 4. The highest BCUT2D eigenvalue weighted by molar-refractivity contribution is 5.75. The van der Waals surface area contributed by atoms with Gasteiger partial charge in [0, 0.05) is 27.3 Å². The Morgan fingerprint density at radius 2 is 1.85 bits per heavy atom. The highest BCUT2D eigenvalue weighted by Gasteiger charge is 2.55. The van der Waals surface area contributed by atoms with Crippen LogP contribution in [0, 0.1) is 0 Å². The third-order valence-corrected chi connectivity index (χ3v) is 3.76. The summed E-state index contributed by atoms with van der Waals surface area (Å²) in [7, 11) is 1.16. The third-order valence-electron chi connectivity index (χ3n) is 3.76. The van der Waals surface area contributed by atoms with Gasteiger partial charge in [0.25, 0.3) is 0 Å². The van der Waals surface area contributed by atoms with E-state index >= 15 is 0 Å². The molecule has 1 rings (SSSR count). The van der Waals surface area contributed by atoms with Gasteiger partial charge in [-0.25, -0.2) is 4.79 Å². The van der Waals surface area contributed by atoms with Crippen molar-refractivity contribution in [3.63, 3.8) is 0 Å². The highest BCUT2D eigenvalue weighted by Crippen LogP contribution is 2.33. The lowest BCUT2D eigenvalue weighted by Crippen LogP contribution is -2.70. The molecule has 1 saturated heterocycles. The molecule has 0 aliphatic carbocycles. The SMILES string of the molecule is COC(=O)C(C)O[C@]1(NC(C)=O)C[C@@H](O)O[C@H](CNC(C)=O)[C@H]1OC(C)=O. The monoisotopic (exact) mass is 390 g/mol. The molecule has 11 nitrogen and oxygen atoms in total. The number of rotatable bonds is 7. The van der Waals surface area contributed by atoms with Crippen LogP contribution < -0.4 is 10.6 Å². The summed E-state index contributed by atoms with van der Waals surface area (Å²) in [5, 5.41) is 15.1. The molecular weight excluding hydrogens is 364 g/mol. The molecule has 1 aliphatic heterocycles. The number of aliphatic hydroxyl groups excluding tert-OH is 1. The molecule has 1 heterocycles. The summed E-state index contributed by atoms with van der Waals surface area (Å²) in [5.74, 6) is -2.39. The summed E-state index contributed by atoms with van der Waals surface area (Å²) in [4.78, 5) is 46.5. The van der Waals surface area contributed by atoms with E-state index in [-0.39, 0.29) is 18.9 Å². The van der Waals surface area contributed by atoms with Gasteiger partial charge in [0.05, 0.1) is 13.5 Å². The van der Waals surface area contributed by atoms with Crippen LogP contribution in [0.25, 0.3) is 0 Å². The number of hydrogen-bond acceptors (Lipinski definition) is 9. The van der Waals surface area contributed by atoms with E-state index in [9.17, 15) is 24.3 Å². The normalized spacial score (nSPS) is 28.6. The highest BCUT2D eigenvalue weighted by atomic mass is 16.7. The van der Waals surface area contributed by atoms with Crippen LogP contribution in [0.1, 0.15) is 34.1 Å². The van der Waals surface area contributed by atoms with Crippen molar-refractivity contribution in [2.24, 2.45) is 0 Å². The summed E-state index contributed by atoms with van der Waals surface area (Å²) in [6.07, 6.45) is -5.24. The predicted molar refractivity (Wildman–Crippen MR) is 88.8 cm³/mol. The number of amides is 2. The van der Waals surface area contributed by atoms with Crippen LogP contribution in [-0.2, 0) is 38.1 Å². The predicted octanol–water partition coefficient (Wildman–Crippen LogP) is -1.43. The van der Waals surface area contributed by atoms with Gasteiger partial charge in [-0.05, 0) is 6.92 Å². The fourth-order valence-electron chi connectivity index (χ4n) is 2.84. The maximum absolute atomic E-state index is 11.8. The van der Waals surface area contributed by atoms with E-state index in [0.29, 0.717) is 0 Å². The van der Waals surface area contributed by atoms with E-state index in [1.54, 1.807) is 0 Å². The number of aliphatic hydroxyl groups is 1. The minimum absolute atomic E-state index is 0.137. The summed E-state index contributed by atoms with van der Waals surface area (Å²) >= 11 is 0. The average Bonchev–Trinajstić information content (AvgIpc) is 2.53. The number of carbonyl (C=O) groups is 4. The molecular formula is C16H26N2O9. The molecule has 154 valence electrons. The number of esters is 2. The standard InChI is InChI=1S/C16H26N2O9/c1-8(15(23)24-5)27-16(18-10(3)20)6-13(22)26-12(7-17-9(2)19)14(16)25-11(4)21/h8,12-14,22H,6-7H2,1-5H3,(H,17,19)(H,18,20)/t8?,12-,13+,14-,16-/m1/s1. The molecule has 1 aliphatic rings. The summed E-state index contributed by atoms with van der Waals surface area (Å²) in [6.45, 7) is 4.86. The molecule has 0 radical (unpaired) electrons. The molecule has 0 aromatic heterocycles. The lowest BCUT2D eigenvalue weighted by molar-refractivity contribution is -0.295. The van der Waals surface area contributed by atoms with Gasteiger partial charge in [-0.15, -0.1) is 0 Å². The fourth-order valence-corrected chi connectivity index (χ4v) is 2.84. The molecule has 5 atom stereocenters. The molecule has 3 N–H and O–H groups in total. The Balaban J connectivity index is 3.31. The Hall–Kier alpha value is -2.24. The van der Waals surface area contributed by atoms with Crippen LogP contribution in [0.4, 0.5) is 0 Å². The minimum Gasteiger partial charge on any atom is -0.467 e. The van der Waals surface area contributed by atoms with Gasteiger partial charge in [-0.1, -0.05) is 0 Å². The molecule has 27 heavy (non-hydrogen) atoms. The second-order valence-electron chi connectivity index (χ2n) is 6.15. The van der Waals surface area contributed by atoms with E-state index in [2.05, 4.69) is 15.4 Å². The van der Waals surface area contributed by atoms with E-state index in [1.165, 1.54) is 20.8 Å². The number of methoxy groups -OCH3 is 1. The number of hydrogen-bond donors (Lipinski definition) is 3. The van der Waals surface area contributed by atoms with Crippen LogP contribution in [0.3, 0.4) is 0 Å². The van der Waals surface area contributed by atoms with Crippen molar-refractivity contribution in [1.82, 2.24) is 10.6 Å². The Morgan fingerprint density at radius 1 is 1.22 bits per heavy atom. The van der Waals surface area contributed by atoms with Crippen LogP contribution in [-0.4, -0.2) is 72.8 Å². The Kier molecular flexibility index (Phi) is 8.13. The quantitative estimate of drug-likeness (QED) is 0.351. The smallest absolute Gasteiger partial charge is 0.334 e. The van der Waals surface area contributed by atoms with E-state index in [4.69, 9.17) is 14.2 Å².